The minimum atomic E-state index is -3.58. The average Bonchev–Trinajstić information content (AvgIpc) is 2.85. The highest BCUT2D eigenvalue weighted by atomic mass is 35.5. The van der Waals surface area contributed by atoms with Crippen LogP contribution in [0.25, 0.3) is 0 Å². The molecule has 0 spiro atoms. The topological polar surface area (TPSA) is 84.9 Å². The molecule has 1 amide bonds. The van der Waals surface area contributed by atoms with Gasteiger partial charge in [-0.2, -0.15) is 0 Å². The summed E-state index contributed by atoms with van der Waals surface area (Å²) in [6.45, 7) is 2.89. The number of carbonyl (C=O) groups excluding carboxylic acids is 1. The second kappa shape index (κ2) is 12.0. The molecule has 3 aromatic rings. The van der Waals surface area contributed by atoms with E-state index in [0.29, 0.717) is 35.2 Å². The van der Waals surface area contributed by atoms with Gasteiger partial charge in [-0.15, -0.1) is 0 Å². The molecule has 1 N–H and O–H groups in total. The summed E-state index contributed by atoms with van der Waals surface area (Å²) in [6, 6.07) is 19.4. The summed E-state index contributed by atoms with van der Waals surface area (Å²) in [4.78, 5) is 12.5. The van der Waals surface area contributed by atoms with E-state index in [0.717, 1.165) is 24.0 Å². The largest absolute Gasteiger partial charge is 0.495 e. The van der Waals surface area contributed by atoms with Crippen LogP contribution in [0.2, 0.25) is 5.02 Å². The fourth-order valence-corrected chi connectivity index (χ4v) is 4.53. The molecule has 35 heavy (non-hydrogen) atoms. The van der Waals surface area contributed by atoms with Crippen LogP contribution < -0.4 is 19.1 Å². The van der Waals surface area contributed by atoms with Crippen molar-refractivity contribution in [3.63, 3.8) is 0 Å². The van der Waals surface area contributed by atoms with Gasteiger partial charge in [-0.05, 0) is 60.0 Å². The Balaban J connectivity index is 1.58. The molecule has 7 nitrogen and oxygen atoms in total. The monoisotopic (exact) mass is 516 g/mol. The Bertz CT molecular complexity index is 1250. The predicted octanol–water partition coefficient (Wildman–Crippen LogP) is 4.69. The summed E-state index contributed by atoms with van der Waals surface area (Å²) in [5.41, 5.74) is 2.85. The predicted molar refractivity (Wildman–Crippen MR) is 139 cm³/mol. The molecular formula is C26H29ClN2O5S. The number of rotatable bonds is 11. The SMILES string of the molecule is CCc1ccc(OCCNC(=O)c2ccc(CN(c3ccc(OC)c(Cl)c3)S(C)(=O)=O)cc2)cc1. The van der Waals surface area contributed by atoms with Crippen LogP contribution in [0.3, 0.4) is 0 Å². The van der Waals surface area contributed by atoms with Gasteiger partial charge in [0.1, 0.15) is 18.1 Å². The highest BCUT2D eigenvalue weighted by molar-refractivity contribution is 7.92. The molecule has 0 saturated carbocycles. The minimum absolute atomic E-state index is 0.0913. The summed E-state index contributed by atoms with van der Waals surface area (Å²) in [5.74, 6) is 0.983. The third-order valence-corrected chi connectivity index (χ3v) is 6.79. The Hall–Kier alpha value is -3.23. The van der Waals surface area contributed by atoms with Crippen LogP contribution in [0.1, 0.15) is 28.4 Å². The molecule has 0 aromatic heterocycles. The smallest absolute Gasteiger partial charge is 0.251 e. The Labute approximate surface area is 211 Å². The van der Waals surface area contributed by atoms with E-state index in [4.69, 9.17) is 21.1 Å². The van der Waals surface area contributed by atoms with Gasteiger partial charge in [-0.25, -0.2) is 8.42 Å². The third kappa shape index (κ3) is 7.37. The molecular weight excluding hydrogens is 488 g/mol. The summed E-state index contributed by atoms with van der Waals surface area (Å²) in [6.07, 6.45) is 2.10. The maximum atomic E-state index is 12.5. The van der Waals surface area contributed by atoms with Gasteiger partial charge in [0.05, 0.1) is 37.2 Å². The lowest BCUT2D eigenvalue weighted by molar-refractivity contribution is 0.0947. The molecule has 0 radical (unpaired) electrons. The first-order valence-corrected chi connectivity index (χ1v) is 13.3. The van der Waals surface area contributed by atoms with E-state index in [1.807, 2.05) is 24.3 Å². The first-order valence-electron chi connectivity index (χ1n) is 11.1. The molecule has 3 aromatic carbocycles. The van der Waals surface area contributed by atoms with E-state index in [1.54, 1.807) is 42.5 Å². The van der Waals surface area contributed by atoms with Crippen molar-refractivity contribution in [2.45, 2.75) is 19.9 Å². The number of hydrogen-bond donors (Lipinski definition) is 1. The summed E-state index contributed by atoms with van der Waals surface area (Å²) < 4.78 is 36.9. The van der Waals surface area contributed by atoms with Gasteiger partial charge in [0, 0.05) is 5.56 Å². The van der Waals surface area contributed by atoms with E-state index in [-0.39, 0.29) is 12.5 Å². The molecule has 9 heteroatoms. The van der Waals surface area contributed by atoms with Gasteiger partial charge in [0.2, 0.25) is 10.0 Å². The number of hydrogen-bond acceptors (Lipinski definition) is 5. The first kappa shape index (κ1) is 26.4. The number of sulfonamides is 1. The lowest BCUT2D eigenvalue weighted by Crippen LogP contribution is -2.29. The van der Waals surface area contributed by atoms with E-state index in [1.165, 1.54) is 17.0 Å². The maximum absolute atomic E-state index is 12.5. The van der Waals surface area contributed by atoms with Crippen LogP contribution in [0.5, 0.6) is 11.5 Å². The number of ether oxygens (including phenoxy) is 2. The van der Waals surface area contributed by atoms with E-state index >= 15 is 0 Å². The molecule has 0 heterocycles. The van der Waals surface area contributed by atoms with Crippen molar-refractivity contribution in [1.29, 1.82) is 0 Å². The second-order valence-corrected chi connectivity index (χ2v) is 10.2. The first-order chi connectivity index (χ1) is 16.7. The molecule has 0 fully saturated rings. The average molecular weight is 517 g/mol. The number of amides is 1. The molecule has 0 aliphatic carbocycles. The molecule has 0 unspecified atom stereocenters. The van der Waals surface area contributed by atoms with Crippen molar-refractivity contribution in [3.8, 4) is 11.5 Å². The van der Waals surface area contributed by atoms with Crippen molar-refractivity contribution in [1.82, 2.24) is 5.32 Å². The number of anilines is 1. The Morgan fingerprint density at radius 1 is 1.00 bits per heavy atom. The zero-order valence-electron chi connectivity index (χ0n) is 20.0. The number of aryl methyl sites for hydroxylation is 1. The van der Waals surface area contributed by atoms with Crippen LogP contribution in [0, 0.1) is 0 Å². The number of halogens is 1. The molecule has 0 aliphatic rings. The summed E-state index contributed by atoms with van der Waals surface area (Å²) in [5, 5.41) is 3.13. The van der Waals surface area contributed by atoms with E-state index < -0.39 is 10.0 Å². The fraction of sp³-hybridized carbons (Fsp3) is 0.269. The van der Waals surface area contributed by atoms with Crippen molar-refractivity contribution in [2.75, 3.05) is 30.8 Å². The van der Waals surface area contributed by atoms with E-state index in [9.17, 15) is 13.2 Å². The quantitative estimate of drug-likeness (QED) is 0.374. The summed E-state index contributed by atoms with van der Waals surface area (Å²) in [7, 11) is -2.09. The van der Waals surface area contributed by atoms with Gasteiger partial charge in [-0.3, -0.25) is 9.10 Å². The molecule has 3 rings (SSSR count). The standard InChI is InChI=1S/C26H29ClN2O5S/c1-4-19-7-12-23(13-8-19)34-16-15-28-26(30)21-9-5-20(6-10-21)18-29(35(3,31)32)22-11-14-25(33-2)24(27)17-22/h5-14,17H,4,15-16,18H2,1-3H3,(H,28,30). The second-order valence-electron chi connectivity index (χ2n) is 7.89. The maximum Gasteiger partial charge on any atom is 0.251 e. The van der Waals surface area contributed by atoms with Gasteiger partial charge in [0.15, 0.2) is 0 Å². The van der Waals surface area contributed by atoms with Crippen molar-refractivity contribution in [2.24, 2.45) is 0 Å². The zero-order valence-corrected chi connectivity index (χ0v) is 21.5. The van der Waals surface area contributed by atoms with Gasteiger partial charge >= 0.3 is 0 Å². The van der Waals surface area contributed by atoms with Gasteiger partial charge in [0.25, 0.3) is 5.91 Å². The van der Waals surface area contributed by atoms with Crippen molar-refractivity contribution >= 4 is 33.2 Å². The van der Waals surface area contributed by atoms with Crippen LogP contribution >= 0.6 is 11.6 Å². The minimum Gasteiger partial charge on any atom is -0.495 e. The molecule has 0 bridgehead atoms. The van der Waals surface area contributed by atoms with Crippen LogP contribution in [0.4, 0.5) is 5.69 Å². The molecule has 186 valence electrons. The van der Waals surface area contributed by atoms with Crippen LogP contribution in [0.15, 0.2) is 66.7 Å². The Kier molecular flexibility index (Phi) is 9.01. The number of nitrogens with zero attached hydrogens (tertiary/aromatic N) is 1. The highest BCUT2D eigenvalue weighted by Crippen LogP contribution is 2.31. The fourth-order valence-electron chi connectivity index (χ4n) is 3.39. The molecule has 0 atom stereocenters. The number of benzene rings is 3. The van der Waals surface area contributed by atoms with E-state index in [2.05, 4.69) is 12.2 Å². The number of carbonyl (C=O) groups is 1. The van der Waals surface area contributed by atoms with Gasteiger partial charge in [-0.1, -0.05) is 42.8 Å². The van der Waals surface area contributed by atoms with Crippen LogP contribution in [-0.2, 0) is 23.0 Å². The number of nitrogens with one attached hydrogen (secondary N) is 1. The van der Waals surface area contributed by atoms with Gasteiger partial charge < -0.3 is 14.8 Å². The molecule has 0 saturated heterocycles. The Morgan fingerprint density at radius 3 is 2.23 bits per heavy atom. The van der Waals surface area contributed by atoms with Crippen LogP contribution in [-0.4, -0.2) is 40.8 Å². The Morgan fingerprint density at radius 2 is 1.66 bits per heavy atom. The zero-order chi connectivity index (χ0) is 25.4. The number of methoxy groups -OCH3 is 1. The third-order valence-electron chi connectivity index (χ3n) is 5.35. The van der Waals surface area contributed by atoms with Crippen molar-refractivity contribution < 1.29 is 22.7 Å². The van der Waals surface area contributed by atoms with Crippen molar-refractivity contribution in [3.05, 3.63) is 88.4 Å². The normalized spacial score (nSPS) is 11.1. The summed E-state index contributed by atoms with van der Waals surface area (Å²) >= 11 is 6.18. The highest BCUT2D eigenvalue weighted by Gasteiger charge is 2.19. The lowest BCUT2D eigenvalue weighted by Gasteiger charge is -2.23. The lowest BCUT2D eigenvalue weighted by atomic mass is 10.1. The molecule has 0 aliphatic heterocycles.